The van der Waals surface area contributed by atoms with Crippen LogP contribution >= 0.6 is 11.6 Å². The second kappa shape index (κ2) is 6.58. The molecule has 2 fully saturated rings. The number of hydrogen-bond donors (Lipinski definition) is 0. The summed E-state index contributed by atoms with van der Waals surface area (Å²) in [7, 11) is 0. The third-order valence-corrected chi connectivity index (χ3v) is 4.87. The van der Waals surface area contributed by atoms with Crippen LogP contribution < -0.4 is 0 Å². The van der Waals surface area contributed by atoms with Crippen LogP contribution in [0.25, 0.3) is 0 Å². The number of ether oxygens (including phenoxy) is 1. The molecule has 106 valence electrons. The van der Waals surface area contributed by atoms with Gasteiger partial charge >= 0.3 is 0 Å². The van der Waals surface area contributed by atoms with E-state index >= 15 is 0 Å². The van der Waals surface area contributed by atoms with Crippen molar-refractivity contribution in [2.75, 3.05) is 19.0 Å². The van der Waals surface area contributed by atoms with E-state index in [2.05, 4.69) is 18.7 Å². The number of nitrogens with zero attached hydrogens (tertiary/aromatic N) is 1. The van der Waals surface area contributed by atoms with Crippen molar-refractivity contribution >= 4 is 11.6 Å². The van der Waals surface area contributed by atoms with Crippen molar-refractivity contribution in [3.05, 3.63) is 0 Å². The van der Waals surface area contributed by atoms with Gasteiger partial charge in [-0.15, -0.1) is 11.6 Å². The number of rotatable bonds is 6. The Morgan fingerprint density at radius 2 is 2.00 bits per heavy atom. The Morgan fingerprint density at radius 1 is 1.28 bits per heavy atom. The fourth-order valence-electron chi connectivity index (χ4n) is 3.50. The lowest BCUT2D eigenvalue weighted by Crippen LogP contribution is -2.39. The molecule has 1 aliphatic heterocycles. The van der Waals surface area contributed by atoms with E-state index in [4.69, 9.17) is 16.3 Å². The molecule has 0 aromatic heterocycles. The fourth-order valence-corrected chi connectivity index (χ4v) is 3.62. The van der Waals surface area contributed by atoms with E-state index in [1.54, 1.807) is 0 Å². The molecule has 1 saturated carbocycles. The molecule has 0 aromatic rings. The summed E-state index contributed by atoms with van der Waals surface area (Å²) < 4.78 is 6.40. The minimum atomic E-state index is 0.278. The van der Waals surface area contributed by atoms with E-state index in [1.807, 2.05) is 0 Å². The molecular weight excluding hydrogens is 246 g/mol. The first-order valence-corrected chi connectivity index (χ1v) is 8.16. The highest BCUT2D eigenvalue weighted by Crippen LogP contribution is 2.43. The number of halogens is 1. The van der Waals surface area contributed by atoms with Crippen LogP contribution in [-0.2, 0) is 4.74 Å². The van der Waals surface area contributed by atoms with Gasteiger partial charge in [0.2, 0.25) is 0 Å². The smallest absolute Gasteiger partial charge is 0.0710 e. The van der Waals surface area contributed by atoms with Crippen LogP contribution in [-0.4, -0.2) is 41.6 Å². The maximum atomic E-state index is 6.40. The molecule has 18 heavy (non-hydrogen) atoms. The van der Waals surface area contributed by atoms with Gasteiger partial charge in [0.15, 0.2) is 0 Å². The molecule has 3 heteroatoms. The van der Waals surface area contributed by atoms with Crippen molar-refractivity contribution in [3.63, 3.8) is 0 Å². The van der Waals surface area contributed by atoms with Gasteiger partial charge in [0.05, 0.1) is 11.7 Å². The summed E-state index contributed by atoms with van der Waals surface area (Å²) in [5.74, 6) is 0.763. The molecule has 1 atom stereocenters. The first-order chi connectivity index (χ1) is 8.65. The third kappa shape index (κ3) is 3.61. The monoisotopic (exact) mass is 273 g/mol. The molecule has 2 nitrogen and oxygen atoms in total. The third-order valence-electron chi connectivity index (χ3n) is 4.60. The van der Waals surface area contributed by atoms with Crippen molar-refractivity contribution in [1.29, 1.82) is 0 Å². The van der Waals surface area contributed by atoms with Gasteiger partial charge in [-0.25, -0.2) is 0 Å². The lowest BCUT2D eigenvalue weighted by Gasteiger charge is -2.30. The normalized spacial score (nSPS) is 26.8. The molecule has 0 aromatic carbocycles. The summed E-state index contributed by atoms with van der Waals surface area (Å²) in [6.07, 6.45) is 9.42. The Hall–Kier alpha value is 0.210. The zero-order valence-electron chi connectivity index (χ0n) is 12.0. The summed E-state index contributed by atoms with van der Waals surface area (Å²) in [6, 6.07) is 0.594. The predicted octanol–water partition coefficient (Wildman–Crippen LogP) is 3.82. The molecule has 0 radical (unpaired) electrons. The Labute approximate surface area is 117 Å². The molecule has 0 N–H and O–H groups in total. The predicted molar refractivity (Wildman–Crippen MR) is 77.4 cm³/mol. The summed E-state index contributed by atoms with van der Waals surface area (Å²) in [4.78, 5) is 2.53. The first-order valence-electron chi connectivity index (χ1n) is 7.63. The van der Waals surface area contributed by atoms with E-state index < -0.39 is 0 Å². The zero-order chi connectivity index (χ0) is 13.0. The number of alkyl halides is 1. The molecule has 0 amide bonds. The molecule has 2 rings (SSSR count). The van der Waals surface area contributed by atoms with Crippen molar-refractivity contribution in [2.24, 2.45) is 0 Å². The van der Waals surface area contributed by atoms with E-state index in [1.165, 1.54) is 38.5 Å². The Bertz CT molecular complexity index is 251. The minimum Gasteiger partial charge on any atom is -0.370 e. The minimum absolute atomic E-state index is 0.278. The van der Waals surface area contributed by atoms with Crippen molar-refractivity contribution in [1.82, 2.24) is 4.90 Å². The topological polar surface area (TPSA) is 12.5 Å². The van der Waals surface area contributed by atoms with Gasteiger partial charge in [-0.05, 0) is 52.5 Å². The Morgan fingerprint density at radius 3 is 2.61 bits per heavy atom. The molecule has 1 aliphatic carbocycles. The number of hydrogen-bond acceptors (Lipinski definition) is 2. The van der Waals surface area contributed by atoms with Crippen molar-refractivity contribution in [2.45, 2.75) is 76.5 Å². The van der Waals surface area contributed by atoms with Crippen LogP contribution in [0, 0.1) is 0 Å². The van der Waals surface area contributed by atoms with Crippen LogP contribution in [0.15, 0.2) is 0 Å². The molecule has 1 unspecified atom stereocenters. The van der Waals surface area contributed by atoms with Crippen molar-refractivity contribution in [3.8, 4) is 0 Å². The average molecular weight is 274 g/mol. The van der Waals surface area contributed by atoms with Gasteiger partial charge in [0.1, 0.15) is 0 Å². The highest BCUT2D eigenvalue weighted by Gasteiger charge is 2.42. The molecule has 0 bridgehead atoms. The quantitative estimate of drug-likeness (QED) is 0.682. The van der Waals surface area contributed by atoms with Gasteiger partial charge < -0.3 is 4.74 Å². The molecular formula is C15H28ClNO. The van der Waals surface area contributed by atoms with Crippen molar-refractivity contribution < 1.29 is 4.74 Å². The average Bonchev–Trinajstić information content (AvgIpc) is 2.95. The van der Waals surface area contributed by atoms with Gasteiger partial charge in [-0.2, -0.15) is 0 Å². The second-order valence-corrected chi connectivity index (χ2v) is 6.68. The maximum absolute atomic E-state index is 6.40. The lowest BCUT2D eigenvalue weighted by atomic mass is 9.98. The van der Waals surface area contributed by atoms with Crippen LogP contribution in [0.5, 0.6) is 0 Å². The summed E-state index contributed by atoms with van der Waals surface area (Å²) in [6.45, 7) is 6.74. The highest BCUT2D eigenvalue weighted by molar-refractivity contribution is 6.17. The SMILES string of the molecule is CC(C)N(CCCCl)CC1CCC2(CCCC2)O1. The molecule has 1 spiro atoms. The standard InChI is InChI=1S/C15H28ClNO/c1-13(2)17(11-5-10-16)12-14-6-9-15(18-14)7-3-4-8-15/h13-14H,3-12H2,1-2H3. The fraction of sp³-hybridized carbons (Fsp3) is 1.00. The second-order valence-electron chi connectivity index (χ2n) is 6.30. The summed E-state index contributed by atoms with van der Waals surface area (Å²) in [5.41, 5.74) is 0.278. The Balaban J connectivity index is 1.81. The molecule has 1 saturated heterocycles. The van der Waals surface area contributed by atoms with Gasteiger partial charge in [0.25, 0.3) is 0 Å². The Kier molecular flexibility index (Phi) is 5.35. The van der Waals surface area contributed by atoms with E-state index in [0.717, 1.165) is 25.4 Å². The zero-order valence-corrected chi connectivity index (χ0v) is 12.7. The van der Waals surface area contributed by atoms with E-state index in [9.17, 15) is 0 Å². The first kappa shape index (κ1) is 14.6. The van der Waals surface area contributed by atoms with Crippen LogP contribution in [0.2, 0.25) is 0 Å². The molecule has 2 aliphatic rings. The van der Waals surface area contributed by atoms with E-state index in [-0.39, 0.29) is 5.60 Å². The molecule has 1 heterocycles. The van der Waals surface area contributed by atoms with Crippen LogP contribution in [0.3, 0.4) is 0 Å². The summed E-state index contributed by atoms with van der Waals surface area (Å²) >= 11 is 5.81. The maximum Gasteiger partial charge on any atom is 0.0710 e. The highest BCUT2D eigenvalue weighted by atomic mass is 35.5. The van der Waals surface area contributed by atoms with Crippen LogP contribution in [0.4, 0.5) is 0 Å². The lowest BCUT2D eigenvalue weighted by molar-refractivity contribution is -0.0500. The summed E-state index contributed by atoms with van der Waals surface area (Å²) in [5, 5.41) is 0. The van der Waals surface area contributed by atoms with Gasteiger partial charge in [0, 0.05) is 18.5 Å². The van der Waals surface area contributed by atoms with Crippen LogP contribution in [0.1, 0.15) is 58.8 Å². The largest absolute Gasteiger partial charge is 0.370 e. The van der Waals surface area contributed by atoms with E-state index in [0.29, 0.717) is 12.1 Å². The van der Waals surface area contributed by atoms with Gasteiger partial charge in [-0.3, -0.25) is 4.90 Å². The van der Waals surface area contributed by atoms with Gasteiger partial charge in [-0.1, -0.05) is 12.8 Å².